The highest BCUT2D eigenvalue weighted by Gasteiger charge is 2.33. The van der Waals surface area contributed by atoms with Crippen molar-refractivity contribution in [1.29, 1.82) is 0 Å². The lowest BCUT2D eigenvalue weighted by atomic mass is 10.1. The summed E-state index contributed by atoms with van der Waals surface area (Å²) in [5.74, 6) is 0.224. The van der Waals surface area contributed by atoms with Gasteiger partial charge in [-0.1, -0.05) is 48.5 Å². The zero-order valence-electron chi connectivity index (χ0n) is 16.9. The van der Waals surface area contributed by atoms with Gasteiger partial charge >= 0.3 is 0 Å². The number of nitrogens with zero attached hydrogens (tertiary/aromatic N) is 2. The average Bonchev–Trinajstić information content (AvgIpc) is 3.02. The predicted octanol–water partition coefficient (Wildman–Crippen LogP) is 5.81. The van der Waals surface area contributed by atoms with Gasteiger partial charge in [0.2, 0.25) is 0 Å². The molecule has 3 aromatic rings. The topological polar surface area (TPSA) is 52.9 Å². The minimum Gasteiger partial charge on any atom is -0.507 e. The summed E-state index contributed by atoms with van der Waals surface area (Å²) in [6.07, 6.45) is 1.87. The Balaban J connectivity index is 1.72. The van der Waals surface area contributed by atoms with E-state index >= 15 is 0 Å². The van der Waals surface area contributed by atoms with E-state index in [4.69, 9.17) is 4.99 Å². The second-order valence-electron chi connectivity index (χ2n) is 7.22. The Morgan fingerprint density at radius 2 is 1.57 bits per heavy atom. The number of para-hydroxylation sites is 1. The highest BCUT2D eigenvalue weighted by Crippen LogP contribution is 2.36. The molecule has 1 N–H and O–H groups in total. The van der Waals surface area contributed by atoms with E-state index in [1.165, 1.54) is 11.8 Å². The maximum Gasteiger partial charge on any atom is 0.267 e. The molecule has 1 heterocycles. The summed E-state index contributed by atoms with van der Waals surface area (Å²) in [7, 11) is 0. The van der Waals surface area contributed by atoms with E-state index in [-0.39, 0.29) is 5.91 Å². The normalized spacial score (nSPS) is 16.6. The predicted molar refractivity (Wildman–Crippen MR) is 124 cm³/mol. The van der Waals surface area contributed by atoms with Crippen molar-refractivity contribution in [3.05, 3.63) is 100.0 Å². The number of benzene rings is 3. The van der Waals surface area contributed by atoms with Gasteiger partial charge in [0, 0.05) is 0 Å². The largest absolute Gasteiger partial charge is 0.507 e. The van der Waals surface area contributed by atoms with E-state index in [1.54, 1.807) is 4.90 Å². The molecule has 1 fully saturated rings. The molecule has 0 aliphatic carbocycles. The number of hydrogen-bond acceptors (Lipinski definition) is 4. The third-order valence-corrected chi connectivity index (χ3v) is 5.87. The Morgan fingerprint density at radius 1 is 0.967 bits per heavy atom. The summed E-state index contributed by atoms with van der Waals surface area (Å²) in [6, 6.07) is 23.3. The second-order valence-corrected chi connectivity index (χ2v) is 8.23. The van der Waals surface area contributed by atoms with Gasteiger partial charge in [0.1, 0.15) is 5.75 Å². The number of aliphatic imine (C=N–C) groups is 1. The van der Waals surface area contributed by atoms with Gasteiger partial charge in [0.05, 0.1) is 17.1 Å². The second kappa shape index (κ2) is 8.59. The molecule has 30 heavy (non-hydrogen) atoms. The highest BCUT2D eigenvalue weighted by molar-refractivity contribution is 8.18. The van der Waals surface area contributed by atoms with Gasteiger partial charge < -0.3 is 5.11 Å². The first-order valence-corrected chi connectivity index (χ1v) is 10.5. The van der Waals surface area contributed by atoms with Gasteiger partial charge in [0.25, 0.3) is 5.91 Å². The van der Waals surface area contributed by atoms with E-state index in [9.17, 15) is 9.90 Å². The van der Waals surface area contributed by atoms with Crippen LogP contribution in [0.5, 0.6) is 5.75 Å². The van der Waals surface area contributed by atoms with Gasteiger partial charge in [-0.15, -0.1) is 0 Å². The number of carbonyl (C=O) groups excluding carboxylic acids is 1. The van der Waals surface area contributed by atoms with Crippen LogP contribution in [0, 0.1) is 13.8 Å². The molecule has 0 bridgehead atoms. The first-order chi connectivity index (χ1) is 14.5. The molecular formula is C25H22N2O2S. The van der Waals surface area contributed by atoms with Crippen LogP contribution in [-0.4, -0.2) is 21.1 Å². The number of rotatable bonds is 4. The Labute approximate surface area is 180 Å². The van der Waals surface area contributed by atoms with Crippen molar-refractivity contribution in [3.63, 3.8) is 0 Å². The SMILES string of the molecule is Cc1cc(C=C2SC(=Nc3ccccc3)N(Cc3ccccc3)C2=O)cc(C)c1O. The summed E-state index contributed by atoms with van der Waals surface area (Å²) in [6.45, 7) is 4.18. The zero-order valence-corrected chi connectivity index (χ0v) is 17.7. The molecule has 0 spiro atoms. The van der Waals surface area contributed by atoms with Crippen LogP contribution in [0.1, 0.15) is 22.3 Å². The van der Waals surface area contributed by atoms with E-state index in [0.29, 0.717) is 22.4 Å². The average molecular weight is 415 g/mol. The van der Waals surface area contributed by atoms with Crippen LogP contribution in [-0.2, 0) is 11.3 Å². The molecule has 1 aliphatic rings. The van der Waals surface area contributed by atoms with Crippen LogP contribution in [0.3, 0.4) is 0 Å². The summed E-state index contributed by atoms with van der Waals surface area (Å²) >= 11 is 1.38. The van der Waals surface area contributed by atoms with Gasteiger partial charge in [-0.05, 0) is 78.2 Å². The van der Waals surface area contributed by atoms with Crippen LogP contribution in [0.25, 0.3) is 6.08 Å². The minimum atomic E-state index is -0.0677. The van der Waals surface area contributed by atoms with E-state index in [1.807, 2.05) is 92.7 Å². The number of aryl methyl sites for hydroxylation is 2. The van der Waals surface area contributed by atoms with Crippen LogP contribution in [0.15, 0.2) is 82.7 Å². The number of thioether (sulfide) groups is 1. The monoisotopic (exact) mass is 414 g/mol. The summed E-state index contributed by atoms with van der Waals surface area (Å²) < 4.78 is 0. The Morgan fingerprint density at radius 3 is 2.20 bits per heavy atom. The number of amidine groups is 1. The zero-order chi connectivity index (χ0) is 21.1. The number of phenolic OH excluding ortho intramolecular Hbond substituents is 1. The smallest absolute Gasteiger partial charge is 0.267 e. The molecule has 0 unspecified atom stereocenters. The fourth-order valence-corrected chi connectivity index (χ4v) is 4.33. The molecule has 0 radical (unpaired) electrons. The van der Waals surface area contributed by atoms with Crippen LogP contribution < -0.4 is 0 Å². The molecule has 5 heteroatoms. The highest BCUT2D eigenvalue weighted by atomic mass is 32.2. The fourth-order valence-electron chi connectivity index (χ4n) is 3.33. The van der Waals surface area contributed by atoms with Crippen LogP contribution >= 0.6 is 11.8 Å². The molecule has 0 saturated carbocycles. The third kappa shape index (κ3) is 4.31. The standard InChI is InChI=1S/C25H22N2O2S/c1-17-13-20(14-18(2)23(17)28)15-22-24(29)27(16-19-9-5-3-6-10-19)25(30-22)26-21-11-7-4-8-12-21/h3-15,28H,16H2,1-2H3. The van der Waals surface area contributed by atoms with Gasteiger partial charge in [-0.3, -0.25) is 9.69 Å². The Bertz CT molecular complexity index is 1120. The van der Waals surface area contributed by atoms with E-state index in [2.05, 4.69) is 0 Å². The van der Waals surface area contributed by atoms with Crippen LogP contribution in [0.4, 0.5) is 5.69 Å². The molecule has 1 saturated heterocycles. The van der Waals surface area contributed by atoms with Crippen LogP contribution in [0.2, 0.25) is 0 Å². The van der Waals surface area contributed by atoms with Crippen molar-refractivity contribution in [2.45, 2.75) is 20.4 Å². The fraction of sp³-hybridized carbons (Fsp3) is 0.120. The first-order valence-electron chi connectivity index (χ1n) is 9.70. The molecule has 0 atom stereocenters. The molecule has 150 valence electrons. The Kier molecular flexibility index (Phi) is 5.72. The van der Waals surface area contributed by atoms with E-state index < -0.39 is 0 Å². The third-order valence-electron chi connectivity index (χ3n) is 4.86. The minimum absolute atomic E-state index is 0.0677. The maximum atomic E-state index is 13.3. The Hall–Kier alpha value is -3.31. The van der Waals surface area contributed by atoms with Crippen molar-refractivity contribution >= 4 is 34.6 Å². The summed E-state index contributed by atoms with van der Waals surface area (Å²) in [5, 5.41) is 10.7. The molecule has 3 aromatic carbocycles. The number of carbonyl (C=O) groups is 1. The van der Waals surface area contributed by atoms with Crippen molar-refractivity contribution in [2.24, 2.45) is 4.99 Å². The molecule has 4 nitrogen and oxygen atoms in total. The van der Waals surface area contributed by atoms with Gasteiger partial charge in [-0.25, -0.2) is 4.99 Å². The van der Waals surface area contributed by atoms with Gasteiger partial charge in [-0.2, -0.15) is 0 Å². The summed E-state index contributed by atoms with van der Waals surface area (Å²) in [4.78, 5) is 20.3. The van der Waals surface area contributed by atoms with Crippen molar-refractivity contribution in [1.82, 2.24) is 4.90 Å². The lowest BCUT2D eigenvalue weighted by Crippen LogP contribution is -2.28. The molecular weight excluding hydrogens is 392 g/mol. The first kappa shape index (κ1) is 20.0. The molecule has 0 aromatic heterocycles. The number of amides is 1. The quantitative estimate of drug-likeness (QED) is 0.548. The van der Waals surface area contributed by atoms with Crippen molar-refractivity contribution in [3.8, 4) is 5.75 Å². The number of aromatic hydroxyl groups is 1. The van der Waals surface area contributed by atoms with Crippen molar-refractivity contribution < 1.29 is 9.90 Å². The molecule has 1 aliphatic heterocycles. The molecule has 4 rings (SSSR count). The van der Waals surface area contributed by atoms with Gasteiger partial charge in [0.15, 0.2) is 5.17 Å². The lowest BCUT2D eigenvalue weighted by molar-refractivity contribution is -0.122. The van der Waals surface area contributed by atoms with Crippen molar-refractivity contribution in [2.75, 3.05) is 0 Å². The summed E-state index contributed by atoms with van der Waals surface area (Å²) in [5.41, 5.74) is 4.32. The number of hydrogen-bond donors (Lipinski definition) is 1. The lowest BCUT2D eigenvalue weighted by Gasteiger charge is -2.15. The maximum absolute atomic E-state index is 13.3. The number of phenols is 1. The van der Waals surface area contributed by atoms with E-state index in [0.717, 1.165) is 27.9 Å². The molecule has 1 amide bonds.